The molecule has 8 aromatic rings. The Kier molecular flexibility index (Phi) is 7.53. The predicted molar refractivity (Wildman–Crippen MR) is 295 cm³/mol. The summed E-state index contributed by atoms with van der Waals surface area (Å²) in [6.45, 7) is 17.3. The molecule has 3 nitrogen and oxygen atoms in total. The summed E-state index contributed by atoms with van der Waals surface area (Å²) >= 11 is 8.17. The highest BCUT2D eigenvalue weighted by molar-refractivity contribution is 8.26. The lowest BCUT2D eigenvalue weighted by molar-refractivity contribution is 0.324. The van der Waals surface area contributed by atoms with Crippen LogP contribution in [0.3, 0.4) is 0 Å². The van der Waals surface area contributed by atoms with E-state index in [1.165, 1.54) is 106 Å². The Bertz CT molecular complexity index is 3760. The van der Waals surface area contributed by atoms with Gasteiger partial charge in [0.1, 0.15) is 0 Å². The van der Waals surface area contributed by atoms with Gasteiger partial charge in [0.05, 0.1) is 40.2 Å². The van der Waals surface area contributed by atoms with Crippen molar-refractivity contribution in [2.45, 2.75) is 70.1 Å². The summed E-state index contributed by atoms with van der Waals surface area (Å²) in [7, 11) is 0. The summed E-state index contributed by atoms with van der Waals surface area (Å²) in [5.41, 5.74) is 23.3. The number of rotatable bonds is 3. The predicted octanol–water partition coefficient (Wildman–Crippen LogP) is 15.7. The molecule has 0 saturated heterocycles. The van der Waals surface area contributed by atoms with Crippen molar-refractivity contribution in [2.24, 2.45) is 5.92 Å². The minimum Gasteiger partial charge on any atom is -0.309 e. The van der Waals surface area contributed by atoms with E-state index >= 15 is 0 Å². The van der Waals surface area contributed by atoms with E-state index in [0.717, 1.165) is 17.1 Å². The molecule has 3 atom stereocenters. The molecule has 0 fully saturated rings. The number of anilines is 9. The monoisotopic (exact) mass is 925 g/mol. The molecule has 8 aromatic carbocycles. The first kappa shape index (κ1) is 40.2. The van der Waals surface area contributed by atoms with Crippen molar-refractivity contribution in [3.05, 3.63) is 215 Å². The van der Waals surface area contributed by atoms with Crippen LogP contribution in [0.1, 0.15) is 81.8 Å². The average molecular weight is 926 g/mol. The van der Waals surface area contributed by atoms with Gasteiger partial charge in [0.25, 0.3) is 0 Å². The second kappa shape index (κ2) is 12.9. The Hall–Kier alpha value is -6.71. The molecule has 0 radical (unpaired) electrons. The van der Waals surface area contributed by atoms with Gasteiger partial charge in [0, 0.05) is 49.2 Å². The van der Waals surface area contributed by atoms with Crippen molar-refractivity contribution in [2.75, 3.05) is 14.7 Å². The van der Waals surface area contributed by atoms with Crippen LogP contribution in [0, 0.1) is 5.92 Å². The van der Waals surface area contributed by atoms with E-state index in [9.17, 15) is 0 Å². The van der Waals surface area contributed by atoms with Crippen molar-refractivity contribution in [3.63, 3.8) is 0 Å². The van der Waals surface area contributed by atoms with Gasteiger partial charge in [0.15, 0.2) is 0 Å². The van der Waals surface area contributed by atoms with E-state index in [1.807, 2.05) is 0 Å². The zero-order valence-corrected chi connectivity index (χ0v) is 41.8. The van der Waals surface area contributed by atoms with Gasteiger partial charge in [-0.3, -0.25) is 0 Å². The van der Waals surface area contributed by atoms with Crippen molar-refractivity contribution in [1.82, 2.24) is 0 Å². The Morgan fingerprint density at radius 2 is 0.812 bits per heavy atom. The third-order valence-electron chi connectivity index (χ3n) is 17.7. The van der Waals surface area contributed by atoms with Crippen molar-refractivity contribution < 1.29 is 0 Å². The molecule has 5 heteroatoms. The first-order valence-electron chi connectivity index (χ1n) is 24.7. The zero-order chi connectivity index (χ0) is 46.7. The Balaban J connectivity index is 1.24. The average Bonchev–Trinajstić information content (AvgIpc) is 3.81. The maximum absolute atomic E-state index is 8.17. The molecule has 0 N–H and O–H groups in total. The quantitative estimate of drug-likeness (QED) is 0.163. The smallest absolute Gasteiger partial charge is 0.0621 e. The number of allylic oxidation sites excluding steroid dienone is 4. The minimum absolute atomic E-state index is 0.239. The number of fused-ring (bicyclic) bond motifs is 12. The van der Waals surface area contributed by atoms with Crippen LogP contribution in [0.15, 0.2) is 182 Å². The van der Waals surface area contributed by atoms with Gasteiger partial charge >= 0.3 is 0 Å². The third-order valence-corrected chi connectivity index (χ3v) is 22.5. The van der Waals surface area contributed by atoms with Gasteiger partial charge in [0.2, 0.25) is 0 Å². The molecule has 0 saturated carbocycles. The highest BCUT2D eigenvalue weighted by Crippen LogP contribution is 2.74. The minimum atomic E-state index is -3.00. The van der Waals surface area contributed by atoms with Crippen LogP contribution in [0.5, 0.6) is 0 Å². The van der Waals surface area contributed by atoms with Gasteiger partial charge in [-0.05, 0) is 122 Å². The van der Waals surface area contributed by atoms with Crippen LogP contribution in [-0.4, -0.2) is 0 Å². The van der Waals surface area contributed by atoms with E-state index in [1.54, 1.807) is 0 Å². The van der Waals surface area contributed by atoms with Crippen LogP contribution < -0.4 is 30.6 Å². The molecule has 0 spiro atoms. The molecule has 0 amide bonds. The molecule has 7 aliphatic rings. The summed E-state index contributed by atoms with van der Waals surface area (Å²) in [5.74, 6) is 0.243. The number of hydrogen-bond acceptors (Lipinski definition) is 4. The summed E-state index contributed by atoms with van der Waals surface area (Å²) in [5, 5.41) is 3.95. The van der Waals surface area contributed by atoms with Crippen LogP contribution >= 0.6 is 6.04 Å². The van der Waals surface area contributed by atoms with Crippen LogP contribution in [0.25, 0.3) is 22.3 Å². The van der Waals surface area contributed by atoms with Crippen LogP contribution in [0.4, 0.5) is 51.2 Å². The van der Waals surface area contributed by atoms with Gasteiger partial charge in [-0.15, -0.1) is 0 Å². The zero-order valence-electron chi connectivity index (χ0n) is 40.1. The standard InChI is InChI=1S/C64H52N3PS/c1-61(2)45-31-19-18-30-42(45)44-36-49-59-55(52(44)61)65(38-23-11-8-12-24-38)48-35-43-41-29-17-20-32-46(41)62(3,4)53(43)56-58(48)68(59,69)60-50(67(56)40-27-15-10-16-28-40)37-47-54(57(60)66(49)39-25-13-9-14-26-39)63(5,6)51-33-21-22-34-64(47,51)7/h8-37,51H,1-7H3. The largest absolute Gasteiger partial charge is 0.309 e. The van der Waals surface area contributed by atoms with Gasteiger partial charge < -0.3 is 14.7 Å². The third kappa shape index (κ3) is 4.56. The van der Waals surface area contributed by atoms with Crippen LogP contribution in [0.2, 0.25) is 0 Å². The molecule has 69 heavy (non-hydrogen) atoms. The lowest BCUT2D eigenvalue weighted by Gasteiger charge is -2.54. The van der Waals surface area contributed by atoms with E-state index < -0.39 is 6.04 Å². The highest BCUT2D eigenvalue weighted by Gasteiger charge is 2.61. The summed E-state index contributed by atoms with van der Waals surface area (Å²) in [4.78, 5) is 8.06. The molecule has 4 aliphatic carbocycles. The van der Waals surface area contributed by atoms with E-state index in [-0.39, 0.29) is 27.6 Å². The fourth-order valence-corrected chi connectivity index (χ4v) is 20.2. The number of para-hydroxylation sites is 3. The van der Waals surface area contributed by atoms with E-state index in [0.29, 0.717) is 0 Å². The SMILES string of the molecule is CC1(C)c2ccccc2-c2cc3c4c(c21)N(c1ccccc1)c1cc2c(c5c1P4(=S)c1c(cc4c(c1N3c1ccccc1)C(C)(C)C1C=CC=CC41C)N5c1ccccc1)C(C)(C)c1ccccc1-2. The lowest BCUT2D eigenvalue weighted by atomic mass is 9.67. The van der Waals surface area contributed by atoms with Gasteiger partial charge in [-0.25, -0.2) is 0 Å². The Labute approximate surface area is 411 Å². The van der Waals surface area contributed by atoms with Gasteiger partial charge in [-0.2, -0.15) is 0 Å². The molecule has 3 unspecified atom stereocenters. The molecule has 3 aliphatic heterocycles. The number of hydrogen-bond donors (Lipinski definition) is 0. The van der Waals surface area contributed by atoms with E-state index in [2.05, 4.69) is 245 Å². The summed E-state index contributed by atoms with van der Waals surface area (Å²) in [6.07, 6.45) is 9.56. The number of benzene rings is 8. The van der Waals surface area contributed by atoms with E-state index in [4.69, 9.17) is 11.8 Å². The molecule has 15 rings (SSSR count). The van der Waals surface area contributed by atoms with Crippen molar-refractivity contribution in [3.8, 4) is 22.3 Å². The molecular formula is C64H52N3PS. The summed E-state index contributed by atoms with van der Waals surface area (Å²) < 4.78 is 0. The molecule has 0 aromatic heterocycles. The summed E-state index contributed by atoms with van der Waals surface area (Å²) in [6, 6.07) is 56.9. The lowest BCUT2D eigenvalue weighted by Crippen LogP contribution is -2.50. The fourth-order valence-electron chi connectivity index (χ4n) is 15.0. The second-order valence-corrected chi connectivity index (χ2v) is 26.4. The Morgan fingerprint density at radius 3 is 1.26 bits per heavy atom. The van der Waals surface area contributed by atoms with Crippen LogP contribution in [-0.2, 0) is 33.5 Å². The second-order valence-electron chi connectivity index (χ2n) is 22.2. The Morgan fingerprint density at radius 1 is 0.420 bits per heavy atom. The fraction of sp³-hybridized carbons (Fsp3) is 0.188. The van der Waals surface area contributed by atoms with Gasteiger partial charge in [-0.1, -0.05) is 188 Å². The molecular weight excluding hydrogens is 874 g/mol. The molecule has 0 bridgehead atoms. The van der Waals surface area contributed by atoms with Crippen molar-refractivity contribution in [1.29, 1.82) is 0 Å². The molecule has 3 heterocycles. The maximum atomic E-state index is 8.17. The highest BCUT2D eigenvalue weighted by atomic mass is 32.4. The topological polar surface area (TPSA) is 9.72 Å². The molecule has 334 valence electrons. The normalized spacial score (nSPS) is 22.9. The maximum Gasteiger partial charge on any atom is 0.0621 e. The van der Waals surface area contributed by atoms with Crippen molar-refractivity contribution >= 4 is 84.9 Å². The first-order valence-corrected chi connectivity index (χ1v) is 27.5. The number of nitrogens with zero attached hydrogens (tertiary/aromatic N) is 3. The first-order chi connectivity index (χ1) is 33.3.